The Labute approximate surface area is 148 Å². The number of aryl methyl sites for hydroxylation is 2. The Morgan fingerprint density at radius 1 is 1.35 bits per heavy atom. The quantitative estimate of drug-likeness (QED) is 0.398. The van der Waals surface area contributed by atoms with Gasteiger partial charge in [-0.15, -0.1) is 11.3 Å². The molecule has 1 aliphatic rings. The molecule has 1 amide bonds. The van der Waals surface area contributed by atoms with Crippen molar-refractivity contribution < 1.29 is 4.79 Å². The fourth-order valence-corrected chi connectivity index (χ4v) is 4.06. The Morgan fingerprint density at radius 2 is 2.17 bits per heavy atom. The summed E-state index contributed by atoms with van der Waals surface area (Å²) < 4.78 is 0. The minimum absolute atomic E-state index is 0.107. The van der Waals surface area contributed by atoms with Gasteiger partial charge in [0.2, 0.25) is 0 Å². The largest absolute Gasteiger partial charge is 0.361 e. The van der Waals surface area contributed by atoms with E-state index < -0.39 is 0 Å². The molecule has 0 spiro atoms. The summed E-state index contributed by atoms with van der Waals surface area (Å²) in [7, 11) is 0. The van der Waals surface area contributed by atoms with Gasteiger partial charge in [-0.2, -0.15) is 0 Å². The summed E-state index contributed by atoms with van der Waals surface area (Å²) in [6.07, 6.45) is 8.42. The van der Waals surface area contributed by atoms with Gasteiger partial charge in [-0.1, -0.05) is 33.1 Å². The van der Waals surface area contributed by atoms with Crippen LogP contribution in [0.4, 0.5) is 0 Å². The topological polar surface area (TPSA) is 53.2 Å². The molecular formula is C17H27N3OS2. The number of unbranched alkanes of at least 4 members (excludes halogenated alkanes) is 2. The monoisotopic (exact) mass is 353 g/mol. The predicted octanol–water partition coefficient (Wildman–Crippen LogP) is 3.56. The van der Waals surface area contributed by atoms with Crippen molar-refractivity contribution in [1.29, 1.82) is 0 Å². The molecule has 2 rings (SSSR count). The lowest BCUT2D eigenvalue weighted by Crippen LogP contribution is -2.47. The van der Waals surface area contributed by atoms with Crippen LogP contribution in [0, 0.1) is 5.92 Å². The van der Waals surface area contributed by atoms with Crippen molar-refractivity contribution in [1.82, 2.24) is 16.2 Å². The number of hydrogen-bond acceptors (Lipinski definition) is 3. The van der Waals surface area contributed by atoms with E-state index in [0.717, 1.165) is 24.3 Å². The molecule has 0 bridgehead atoms. The molecule has 1 aliphatic carbocycles. The van der Waals surface area contributed by atoms with Gasteiger partial charge in [0.25, 0.3) is 5.91 Å². The number of rotatable bonds is 7. The first-order chi connectivity index (χ1) is 11.1. The molecule has 23 heavy (non-hydrogen) atoms. The van der Waals surface area contributed by atoms with Gasteiger partial charge >= 0.3 is 0 Å². The van der Waals surface area contributed by atoms with E-state index in [-0.39, 0.29) is 5.91 Å². The van der Waals surface area contributed by atoms with Crippen LogP contribution in [0.1, 0.15) is 66.1 Å². The molecule has 0 saturated carbocycles. The van der Waals surface area contributed by atoms with Crippen molar-refractivity contribution >= 4 is 34.6 Å². The van der Waals surface area contributed by atoms with Crippen molar-refractivity contribution in [2.45, 2.75) is 58.8 Å². The van der Waals surface area contributed by atoms with Gasteiger partial charge in [-0.25, -0.2) is 0 Å². The highest BCUT2D eigenvalue weighted by molar-refractivity contribution is 7.80. The van der Waals surface area contributed by atoms with E-state index in [1.165, 1.54) is 42.5 Å². The van der Waals surface area contributed by atoms with Crippen LogP contribution >= 0.6 is 23.6 Å². The first kappa shape index (κ1) is 18.2. The van der Waals surface area contributed by atoms with Gasteiger partial charge in [0.1, 0.15) is 0 Å². The van der Waals surface area contributed by atoms with E-state index in [1.54, 1.807) is 11.3 Å². The van der Waals surface area contributed by atoms with Crippen LogP contribution < -0.4 is 16.2 Å². The Morgan fingerprint density at radius 3 is 2.91 bits per heavy atom. The number of hydrogen-bond donors (Lipinski definition) is 3. The van der Waals surface area contributed by atoms with E-state index in [2.05, 4.69) is 30.0 Å². The number of hydrazine groups is 1. The zero-order valence-corrected chi connectivity index (χ0v) is 15.7. The van der Waals surface area contributed by atoms with Crippen molar-refractivity contribution in [3.05, 3.63) is 21.4 Å². The van der Waals surface area contributed by atoms with E-state index in [4.69, 9.17) is 12.2 Å². The fourth-order valence-electron chi connectivity index (χ4n) is 2.77. The average molecular weight is 354 g/mol. The molecule has 0 aromatic carbocycles. The lowest BCUT2D eigenvalue weighted by molar-refractivity contribution is 0.0947. The number of amides is 1. The zero-order valence-electron chi connectivity index (χ0n) is 14.0. The molecule has 0 fully saturated rings. The van der Waals surface area contributed by atoms with Crippen molar-refractivity contribution in [2.24, 2.45) is 5.92 Å². The fraction of sp³-hybridized carbons (Fsp3) is 0.647. The first-order valence-corrected chi connectivity index (χ1v) is 9.78. The molecule has 0 radical (unpaired) electrons. The molecule has 1 atom stereocenters. The molecule has 4 nitrogen and oxygen atoms in total. The molecule has 1 heterocycles. The van der Waals surface area contributed by atoms with Gasteiger partial charge in [-0.3, -0.25) is 15.6 Å². The predicted molar refractivity (Wildman–Crippen MR) is 101 cm³/mol. The smallest absolute Gasteiger partial charge is 0.279 e. The number of thiophene rings is 1. The van der Waals surface area contributed by atoms with E-state index >= 15 is 0 Å². The van der Waals surface area contributed by atoms with Crippen LogP contribution in [-0.4, -0.2) is 17.6 Å². The molecular weight excluding hydrogens is 326 g/mol. The van der Waals surface area contributed by atoms with Crippen LogP contribution in [0.2, 0.25) is 0 Å². The Hall–Kier alpha value is -1.14. The third-order valence-electron chi connectivity index (χ3n) is 4.17. The zero-order chi connectivity index (χ0) is 16.7. The Balaban J connectivity index is 1.64. The summed E-state index contributed by atoms with van der Waals surface area (Å²) in [5.41, 5.74) is 6.81. The maximum absolute atomic E-state index is 12.1. The highest BCUT2D eigenvalue weighted by Gasteiger charge is 2.18. The lowest BCUT2D eigenvalue weighted by Gasteiger charge is -2.15. The van der Waals surface area contributed by atoms with Crippen LogP contribution in [-0.2, 0) is 12.8 Å². The van der Waals surface area contributed by atoms with Crippen LogP contribution in [0.25, 0.3) is 0 Å². The summed E-state index contributed by atoms with van der Waals surface area (Å²) in [5, 5.41) is 3.64. The maximum Gasteiger partial charge on any atom is 0.279 e. The third-order valence-corrected chi connectivity index (χ3v) is 5.65. The average Bonchev–Trinajstić information content (AvgIpc) is 3.12. The molecule has 1 aromatic rings. The van der Waals surface area contributed by atoms with E-state index in [9.17, 15) is 4.79 Å². The minimum atomic E-state index is -0.107. The second kappa shape index (κ2) is 9.23. The summed E-state index contributed by atoms with van der Waals surface area (Å²) in [6.45, 7) is 5.27. The van der Waals surface area contributed by atoms with Crippen molar-refractivity contribution in [3.8, 4) is 0 Å². The SMILES string of the molecule is CCCCC[C@H](C)CNC(=S)NNC(=O)c1cc2c(s1)CCC2. The number of thiocarbonyl (C=S) groups is 1. The number of nitrogens with one attached hydrogen (secondary N) is 3. The van der Waals surface area contributed by atoms with Crippen molar-refractivity contribution in [2.75, 3.05) is 6.54 Å². The Kier molecular flexibility index (Phi) is 7.30. The second-order valence-corrected chi connectivity index (χ2v) is 7.85. The highest BCUT2D eigenvalue weighted by Crippen LogP contribution is 2.30. The molecule has 0 aliphatic heterocycles. The number of carbonyl (C=O) groups is 1. The van der Waals surface area contributed by atoms with E-state index in [0.29, 0.717) is 11.0 Å². The van der Waals surface area contributed by atoms with E-state index in [1.807, 2.05) is 6.07 Å². The molecule has 128 valence electrons. The summed E-state index contributed by atoms with van der Waals surface area (Å²) >= 11 is 6.80. The molecule has 0 saturated heterocycles. The summed E-state index contributed by atoms with van der Waals surface area (Å²) in [4.78, 5) is 14.2. The molecule has 1 aromatic heterocycles. The normalized spacial score (nSPS) is 14.2. The van der Waals surface area contributed by atoms with Crippen LogP contribution in [0.5, 0.6) is 0 Å². The Bertz CT molecular complexity index is 520. The van der Waals surface area contributed by atoms with Gasteiger partial charge in [0.15, 0.2) is 5.11 Å². The van der Waals surface area contributed by atoms with Gasteiger partial charge < -0.3 is 5.32 Å². The second-order valence-electron chi connectivity index (χ2n) is 6.30. The third kappa shape index (κ3) is 5.77. The summed E-state index contributed by atoms with van der Waals surface area (Å²) in [6, 6.07) is 2.01. The first-order valence-electron chi connectivity index (χ1n) is 8.56. The number of fused-ring (bicyclic) bond motifs is 1. The minimum Gasteiger partial charge on any atom is -0.361 e. The standard InChI is InChI=1S/C17H27N3OS2/c1-3-4-5-7-12(2)11-18-17(22)20-19-16(21)15-10-13-8-6-9-14(13)23-15/h10,12H,3-9,11H2,1-2H3,(H,19,21)(H2,18,20,22)/t12-/m0/s1. The molecule has 3 N–H and O–H groups in total. The summed E-state index contributed by atoms with van der Waals surface area (Å²) in [5.74, 6) is 0.474. The highest BCUT2D eigenvalue weighted by atomic mass is 32.1. The lowest BCUT2D eigenvalue weighted by atomic mass is 10.0. The maximum atomic E-state index is 12.1. The molecule has 6 heteroatoms. The van der Waals surface area contributed by atoms with Crippen LogP contribution in [0.15, 0.2) is 6.07 Å². The number of carbonyl (C=O) groups excluding carboxylic acids is 1. The van der Waals surface area contributed by atoms with Crippen molar-refractivity contribution in [3.63, 3.8) is 0 Å². The van der Waals surface area contributed by atoms with Gasteiger partial charge in [0, 0.05) is 11.4 Å². The van der Waals surface area contributed by atoms with Gasteiger partial charge in [0.05, 0.1) is 4.88 Å². The molecule has 0 unspecified atom stereocenters. The van der Waals surface area contributed by atoms with Gasteiger partial charge in [-0.05, 0) is 55.4 Å². The van der Waals surface area contributed by atoms with Crippen LogP contribution in [0.3, 0.4) is 0 Å².